The first-order valence-electron chi connectivity index (χ1n) is 7.29. The summed E-state index contributed by atoms with van der Waals surface area (Å²) in [5, 5.41) is 13.8. The third kappa shape index (κ3) is 3.99. The summed E-state index contributed by atoms with van der Waals surface area (Å²) < 4.78 is 6.16. The van der Waals surface area contributed by atoms with Gasteiger partial charge in [-0.1, -0.05) is 22.0 Å². The zero-order chi connectivity index (χ0) is 16.9. The highest BCUT2D eigenvalue weighted by Gasteiger charge is 2.09. The molecule has 24 heavy (non-hydrogen) atoms. The van der Waals surface area contributed by atoms with E-state index in [9.17, 15) is 4.79 Å². The molecule has 0 aliphatic heterocycles. The van der Waals surface area contributed by atoms with Crippen molar-refractivity contribution in [3.63, 3.8) is 0 Å². The van der Waals surface area contributed by atoms with Crippen LogP contribution in [0.2, 0.25) is 0 Å². The average Bonchev–Trinajstić information content (AvgIpc) is 3.10. The Labute approximate surface area is 147 Å². The number of aromatic nitrogens is 2. The van der Waals surface area contributed by atoms with Crippen molar-refractivity contribution in [2.75, 3.05) is 10.6 Å². The number of hydrogen-bond acceptors (Lipinski definition) is 5. The Hall–Kier alpha value is -2.67. The number of halogens is 1. The monoisotopic (exact) mass is 386 g/mol. The van der Waals surface area contributed by atoms with E-state index in [1.54, 1.807) is 18.4 Å². The van der Waals surface area contributed by atoms with Crippen LogP contribution < -0.4 is 10.6 Å². The molecule has 7 heteroatoms. The zero-order valence-corrected chi connectivity index (χ0v) is 14.5. The van der Waals surface area contributed by atoms with Gasteiger partial charge in [-0.05, 0) is 48.9 Å². The summed E-state index contributed by atoms with van der Waals surface area (Å²) in [5.74, 6) is 1.06. The topological polar surface area (TPSA) is 80.0 Å². The van der Waals surface area contributed by atoms with Gasteiger partial charge in [-0.15, -0.1) is 10.2 Å². The number of hydrogen-bond donors (Lipinski definition) is 2. The van der Waals surface area contributed by atoms with Crippen LogP contribution in [0.15, 0.2) is 57.6 Å². The fourth-order valence-corrected chi connectivity index (χ4v) is 2.38. The summed E-state index contributed by atoms with van der Waals surface area (Å²) in [5.41, 5.74) is 2.04. The number of anilines is 2. The normalized spacial score (nSPS) is 10.4. The molecule has 2 aromatic heterocycles. The minimum Gasteiger partial charge on any atom is -0.467 e. The first kappa shape index (κ1) is 16.2. The Morgan fingerprint density at radius 2 is 2.08 bits per heavy atom. The van der Waals surface area contributed by atoms with Crippen LogP contribution in [0.1, 0.15) is 21.8 Å². The predicted octanol–water partition coefficient (Wildman–Crippen LogP) is 4.00. The van der Waals surface area contributed by atoms with Crippen LogP contribution >= 0.6 is 15.9 Å². The number of nitrogens with one attached hydrogen (secondary N) is 2. The predicted molar refractivity (Wildman–Crippen MR) is 94.9 cm³/mol. The van der Waals surface area contributed by atoms with Crippen molar-refractivity contribution in [3.05, 3.63) is 70.2 Å². The Morgan fingerprint density at radius 1 is 1.21 bits per heavy atom. The van der Waals surface area contributed by atoms with Crippen molar-refractivity contribution in [1.82, 2.24) is 10.2 Å². The molecule has 122 valence electrons. The maximum atomic E-state index is 12.2. The van der Waals surface area contributed by atoms with E-state index in [0.29, 0.717) is 18.1 Å². The molecule has 0 radical (unpaired) electrons. The number of amides is 1. The molecule has 1 aromatic carbocycles. The molecule has 0 saturated carbocycles. The summed E-state index contributed by atoms with van der Waals surface area (Å²) in [6.07, 6.45) is 1.61. The number of carbonyl (C=O) groups is 1. The molecule has 0 unspecified atom stereocenters. The van der Waals surface area contributed by atoms with Crippen molar-refractivity contribution in [2.24, 2.45) is 0 Å². The first-order chi connectivity index (χ1) is 11.6. The van der Waals surface area contributed by atoms with Crippen LogP contribution in [-0.2, 0) is 6.54 Å². The number of rotatable bonds is 5. The summed E-state index contributed by atoms with van der Waals surface area (Å²) >= 11 is 3.44. The third-order valence-electron chi connectivity index (χ3n) is 3.35. The number of carbonyl (C=O) groups excluding carboxylic acids is 1. The van der Waals surface area contributed by atoms with Crippen molar-refractivity contribution in [2.45, 2.75) is 13.5 Å². The molecule has 0 spiro atoms. The second kappa shape index (κ2) is 7.27. The molecule has 2 N–H and O–H groups in total. The maximum Gasteiger partial charge on any atom is 0.276 e. The van der Waals surface area contributed by atoms with Gasteiger partial charge < -0.3 is 15.1 Å². The highest BCUT2D eigenvalue weighted by atomic mass is 79.9. The van der Waals surface area contributed by atoms with Crippen LogP contribution in [0.3, 0.4) is 0 Å². The van der Waals surface area contributed by atoms with Crippen LogP contribution in [0.5, 0.6) is 0 Å². The summed E-state index contributed by atoms with van der Waals surface area (Å²) in [6, 6.07) is 12.6. The standard InChI is InChI=1S/C17H15BrN4O2/c1-11-4-5-12(9-14(11)18)20-17(23)15-6-7-16(22-21-15)19-10-13-3-2-8-24-13/h2-9H,10H2,1H3,(H,19,22)(H,20,23). The molecule has 0 fully saturated rings. The lowest BCUT2D eigenvalue weighted by atomic mass is 10.2. The molecule has 2 heterocycles. The van der Waals surface area contributed by atoms with Gasteiger partial charge in [-0.3, -0.25) is 4.79 Å². The largest absolute Gasteiger partial charge is 0.467 e. The minimum atomic E-state index is -0.309. The Morgan fingerprint density at radius 3 is 2.75 bits per heavy atom. The van der Waals surface area contributed by atoms with Gasteiger partial charge in [-0.2, -0.15) is 0 Å². The maximum absolute atomic E-state index is 12.2. The zero-order valence-electron chi connectivity index (χ0n) is 12.9. The van der Waals surface area contributed by atoms with E-state index < -0.39 is 0 Å². The molecule has 0 aliphatic carbocycles. The quantitative estimate of drug-likeness (QED) is 0.692. The van der Waals surface area contributed by atoms with E-state index in [1.165, 1.54) is 0 Å². The lowest BCUT2D eigenvalue weighted by molar-refractivity contribution is 0.102. The Balaban J connectivity index is 1.61. The van der Waals surface area contributed by atoms with Crippen molar-refractivity contribution >= 4 is 33.3 Å². The van der Waals surface area contributed by atoms with E-state index >= 15 is 0 Å². The second-order valence-corrected chi connectivity index (χ2v) is 6.01. The Bertz CT molecular complexity index is 832. The minimum absolute atomic E-state index is 0.246. The fourth-order valence-electron chi connectivity index (χ4n) is 2.00. The lowest BCUT2D eigenvalue weighted by Crippen LogP contribution is -2.15. The highest BCUT2D eigenvalue weighted by molar-refractivity contribution is 9.10. The smallest absolute Gasteiger partial charge is 0.276 e. The summed E-state index contributed by atoms with van der Waals surface area (Å²) in [6.45, 7) is 2.49. The van der Waals surface area contributed by atoms with Crippen molar-refractivity contribution < 1.29 is 9.21 Å². The molecular formula is C17H15BrN4O2. The number of aryl methyl sites for hydroxylation is 1. The van der Waals surface area contributed by atoms with E-state index in [0.717, 1.165) is 15.8 Å². The molecule has 0 saturated heterocycles. The van der Waals surface area contributed by atoms with Gasteiger partial charge in [-0.25, -0.2) is 0 Å². The van der Waals surface area contributed by atoms with Gasteiger partial charge in [0.05, 0.1) is 12.8 Å². The summed E-state index contributed by atoms with van der Waals surface area (Å²) in [7, 11) is 0. The fraction of sp³-hybridized carbons (Fsp3) is 0.118. The third-order valence-corrected chi connectivity index (χ3v) is 4.21. The van der Waals surface area contributed by atoms with Gasteiger partial charge >= 0.3 is 0 Å². The van der Waals surface area contributed by atoms with Gasteiger partial charge in [0, 0.05) is 10.2 Å². The van der Waals surface area contributed by atoms with Gasteiger partial charge in [0.15, 0.2) is 5.69 Å². The Kier molecular flexibility index (Phi) is 4.90. The number of nitrogens with zero attached hydrogens (tertiary/aromatic N) is 2. The van der Waals surface area contributed by atoms with Crippen molar-refractivity contribution in [1.29, 1.82) is 0 Å². The molecule has 6 nitrogen and oxygen atoms in total. The molecule has 3 aromatic rings. The molecule has 1 amide bonds. The van der Waals surface area contributed by atoms with Crippen molar-refractivity contribution in [3.8, 4) is 0 Å². The van der Waals surface area contributed by atoms with Gasteiger partial charge in [0.1, 0.15) is 11.6 Å². The lowest BCUT2D eigenvalue weighted by Gasteiger charge is -2.07. The average molecular weight is 387 g/mol. The van der Waals surface area contributed by atoms with Crippen LogP contribution in [0, 0.1) is 6.92 Å². The summed E-state index contributed by atoms with van der Waals surface area (Å²) in [4.78, 5) is 12.2. The SMILES string of the molecule is Cc1ccc(NC(=O)c2ccc(NCc3ccco3)nn2)cc1Br. The van der Waals surface area contributed by atoms with Crippen LogP contribution in [0.4, 0.5) is 11.5 Å². The molecule has 0 atom stereocenters. The van der Waals surface area contributed by atoms with E-state index in [2.05, 4.69) is 36.8 Å². The van der Waals surface area contributed by atoms with Crippen LogP contribution in [0.25, 0.3) is 0 Å². The van der Waals surface area contributed by atoms with Gasteiger partial charge in [0.25, 0.3) is 5.91 Å². The molecule has 0 bridgehead atoms. The molecule has 0 aliphatic rings. The first-order valence-corrected chi connectivity index (χ1v) is 8.08. The molecule has 3 rings (SSSR count). The number of benzene rings is 1. The van der Waals surface area contributed by atoms with E-state index in [-0.39, 0.29) is 11.6 Å². The van der Waals surface area contributed by atoms with E-state index in [1.807, 2.05) is 37.3 Å². The molecular weight excluding hydrogens is 372 g/mol. The second-order valence-electron chi connectivity index (χ2n) is 5.15. The number of furan rings is 1. The van der Waals surface area contributed by atoms with E-state index in [4.69, 9.17) is 4.42 Å². The highest BCUT2D eigenvalue weighted by Crippen LogP contribution is 2.21. The van der Waals surface area contributed by atoms with Crippen LogP contribution in [-0.4, -0.2) is 16.1 Å². The van der Waals surface area contributed by atoms with Gasteiger partial charge in [0.2, 0.25) is 0 Å².